The minimum Gasteiger partial charge on any atom is -0.397 e. The van der Waals surface area contributed by atoms with Crippen molar-refractivity contribution in [3.05, 3.63) is 18.0 Å². The molecule has 0 unspecified atom stereocenters. The molecule has 1 rings (SSSR count). The van der Waals surface area contributed by atoms with Crippen LogP contribution in [0.2, 0.25) is 0 Å². The Labute approximate surface area is 121 Å². The number of nitrogens with one attached hydrogen (secondary N) is 1. The fourth-order valence-corrected chi connectivity index (χ4v) is 1.99. The van der Waals surface area contributed by atoms with Crippen LogP contribution in [-0.4, -0.2) is 29.7 Å². The summed E-state index contributed by atoms with van der Waals surface area (Å²) in [5.41, 5.74) is 7.03. The van der Waals surface area contributed by atoms with Crippen molar-refractivity contribution in [2.45, 2.75) is 52.7 Å². The first-order valence-corrected chi connectivity index (χ1v) is 7.40. The summed E-state index contributed by atoms with van der Waals surface area (Å²) in [4.78, 5) is 12.1. The minimum absolute atomic E-state index is 0.0556. The Morgan fingerprint density at radius 1 is 1.45 bits per heavy atom. The van der Waals surface area contributed by atoms with Crippen LogP contribution in [0.5, 0.6) is 0 Å². The van der Waals surface area contributed by atoms with Gasteiger partial charge < -0.3 is 20.4 Å². The van der Waals surface area contributed by atoms with Gasteiger partial charge in [0.2, 0.25) is 0 Å². The summed E-state index contributed by atoms with van der Waals surface area (Å²) in [6.45, 7) is 8.33. The molecule has 0 aromatic carbocycles. The van der Waals surface area contributed by atoms with E-state index in [1.54, 1.807) is 6.07 Å². The number of ether oxygens (including phenoxy) is 1. The third-order valence-electron chi connectivity index (χ3n) is 2.92. The second-order valence-corrected chi connectivity index (χ2v) is 5.23. The predicted molar refractivity (Wildman–Crippen MR) is 81.8 cm³/mol. The number of aryl methyl sites for hydroxylation is 1. The highest BCUT2D eigenvalue weighted by molar-refractivity contribution is 5.93. The average Bonchev–Trinajstić information content (AvgIpc) is 2.74. The van der Waals surface area contributed by atoms with E-state index in [-0.39, 0.29) is 12.0 Å². The van der Waals surface area contributed by atoms with Crippen molar-refractivity contribution in [1.82, 2.24) is 9.88 Å². The molecule has 1 aromatic rings. The molecule has 0 bridgehead atoms. The van der Waals surface area contributed by atoms with Crippen LogP contribution in [0.1, 0.15) is 50.5 Å². The van der Waals surface area contributed by atoms with E-state index >= 15 is 0 Å². The van der Waals surface area contributed by atoms with Crippen LogP contribution < -0.4 is 11.1 Å². The van der Waals surface area contributed by atoms with Crippen LogP contribution in [-0.2, 0) is 11.3 Å². The topological polar surface area (TPSA) is 69.3 Å². The maximum Gasteiger partial charge on any atom is 0.267 e. The van der Waals surface area contributed by atoms with E-state index in [2.05, 4.69) is 12.2 Å². The van der Waals surface area contributed by atoms with Crippen molar-refractivity contribution in [3.63, 3.8) is 0 Å². The molecule has 3 N–H and O–H groups in total. The van der Waals surface area contributed by atoms with Crippen LogP contribution in [0.4, 0.5) is 5.69 Å². The van der Waals surface area contributed by atoms with Gasteiger partial charge in [0.15, 0.2) is 0 Å². The van der Waals surface area contributed by atoms with Gasteiger partial charge in [-0.1, -0.05) is 6.92 Å². The number of carbonyl (C=O) groups excluding carboxylic acids is 1. The van der Waals surface area contributed by atoms with Gasteiger partial charge in [0.25, 0.3) is 5.91 Å². The molecule has 20 heavy (non-hydrogen) atoms. The van der Waals surface area contributed by atoms with E-state index < -0.39 is 0 Å². The molecule has 1 aromatic heterocycles. The maximum absolute atomic E-state index is 12.1. The van der Waals surface area contributed by atoms with E-state index in [0.29, 0.717) is 17.9 Å². The van der Waals surface area contributed by atoms with Crippen molar-refractivity contribution >= 4 is 11.6 Å². The lowest BCUT2D eigenvalue weighted by molar-refractivity contribution is 0.0754. The third-order valence-corrected chi connectivity index (χ3v) is 2.92. The summed E-state index contributed by atoms with van der Waals surface area (Å²) >= 11 is 0. The number of rotatable bonds is 9. The van der Waals surface area contributed by atoms with E-state index in [1.165, 1.54) is 0 Å². The van der Waals surface area contributed by atoms with Gasteiger partial charge in [-0.05, 0) is 39.2 Å². The summed E-state index contributed by atoms with van der Waals surface area (Å²) < 4.78 is 7.36. The molecule has 114 valence electrons. The molecule has 5 nitrogen and oxygen atoms in total. The van der Waals surface area contributed by atoms with Gasteiger partial charge in [0.1, 0.15) is 5.69 Å². The van der Waals surface area contributed by atoms with Gasteiger partial charge in [-0.2, -0.15) is 0 Å². The first-order chi connectivity index (χ1) is 9.54. The summed E-state index contributed by atoms with van der Waals surface area (Å²) in [7, 11) is 0. The van der Waals surface area contributed by atoms with Crippen LogP contribution in [0.25, 0.3) is 0 Å². The standard InChI is InChI=1S/C15H27N3O2/c1-4-8-18-11-13(16)10-14(18)15(19)17-7-5-6-9-20-12(2)3/h10-12H,4-9,16H2,1-3H3,(H,17,19). The first-order valence-electron chi connectivity index (χ1n) is 7.40. The number of nitrogen functional groups attached to an aromatic ring is 1. The smallest absolute Gasteiger partial charge is 0.267 e. The van der Waals surface area contributed by atoms with Gasteiger partial charge in [-0.15, -0.1) is 0 Å². The number of nitrogens with zero attached hydrogens (tertiary/aromatic N) is 1. The zero-order chi connectivity index (χ0) is 15.0. The van der Waals surface area contributed by atoms with Crippen LogP contribution >= 0.6 is 0 Å². The molecule has 0 saturated carbocycles. The molecule has 0 aliphatic carbocycles. The molecule has 1 amide bonds. The number of unbranched alkanes of at least 4 members (excludes halogenated alkanes) is 1. The second kappa shape index (κ2) is 8.64. The van der Waals surface area contributed by atoms with Gasteiger partial charge in [-0.25, -0.2) is 0 Å². The lowest BCUT2D eigenvalue weighted by Gasteiger charge is -2.09. The van der Waals surface area contributed by atoms with E-state index in [9.17, 15) is 4.79 Å². The Balaban J connectivity index is 2.32. The van der Waals surface area contributed by atoms with E-state index in [1.807, 2.05) is 24.6 Å². The fraction of sp³-hybridized carbons (Fsp3) is 0.667. The Kier molecular flexibility index (Phi) is 7.15. The molecular formula is C15H27N3O2. The minimum atomic E-state index is -0.0556. The summed E-state index contributed by atoms with van der Waals surface area (Å²) in [6.07, 6.45) is 4.93. The third kappa shape index (κ3) is 5.65. The number of aromatic nitrogens is 1. The second-order valence-electron chi connectivity index (χ2n) is 5.23. The number of anilines is 1. The molecule has 5 heteroatoms. The predicted octanol–water partition coefficient (Wildman–Crippen LogP) is 2.42. The zero-order valence-electron chi connectivity index (χ0n) is 12.8. The summed E-state index contributed by atoms with van der Waals surface area (Å²) in [5.74, 6) is -0.0556. The Hall–Kier alpha value is -1.49. The van der Waals surface area contributed by atoms with Crippen molar-refractivity contribution in [2.24, 2.45) is 0 Å². The van der Waals surface area contributed by atoms with Crippen molar-refractivity contribution in [2.75, 3.05) is 18.9 Å². The maximum atomic E-state index is 12.1. The lowest BCUT2D eigenvalue weighted by Crippen LogP contribution is -2.27. The zero-order valence-corrected chi connectivity index (χ0v) is 12.8. The first kappa shape index (κ1) is 16.6. The quantitative estimate of drug-likeness (QED) is 0.683. The highest BCUT2D eigenvalue weighted by atomic mass is 16.5. The molecule has 1 heterocycles. The molecule has 0 fully saturated rings. The molecule has 0 saturated heterocycles. The molecule has 0 aliphatic heterocycles. The highest BCUT2D eigenvalue weighted by Gasteiger charge is 2.11. The average molecular weight is 281 g/mol. The number of hydrogen-bond donors (Lipinski definition) is 2. The summed E-state index contributed by atoms with van der Waals surface area (Å²) in [5, 5.41) is 2.93. The Bertz CT molecular complexity index is 413. The summed E-state index contributed by atoms with van der Waals surface area (Å²) in [6, 6.07) is 1.73. The van der Waals surface area contributed by atoms with Gasteiger partial charge >= 0.3 is 0 Å². The number of hydrogen-bond acceptors (Lipinski definition) is 3. The van der Waals surface area contributed by atoms with Crippen molar-refractivity contribution in [3.8, 4) is 0 Å². The molecule has 0 radical (unpaired) electrons. The molecule has 0 atom stereocenters. The monoisotopic (exact) mass is 281 g/mol. The van der Waals surface area contributed by atoms with Gasteiger partial charge in [-0.3, -0.25) is 4.79 Å². The lowest BCUT2D eigenvalue weighted by atomic mass is 10.3. The van der Waals surface area contributed by atoms with Crippen LogP contribution in [0, 0.1) is 0 Å². The van der Waals surface area contributed by atoms with Gasteiger partial charge in [0, 0.05) is 25.9 Å². The van der Waals surface area contributed by atoms with Crippen LogP contribution in [0.3, 0.4) is 0 Å². The number of carbonyl (C=O) groups is 1. The molecule has 0 aliphatic rings. The fourth-order valence-electron chi connectivity index (χ4n) is 1.99. The molecular weight excluding hydrogens is 254 g/mol. The number of amides is 1. The van der Waals surface area contributed by atoms with Crippen molar-refractivity contribution < 1.29 is 9.53 Å². The number of nitrogens with two attached hydrogens (primary N) is 1. The van der Waals surface area contributed by atoms with Crippen molar-refractivity contribution in [1.29, 1.82) is 0 Å². The van der Waals surface area contributed by atoms with Crippen LogP contribution in [0.15, 0.2) is 12.3 Å². The SMILES string of the molecule is CCCn1cc(N)cc1C(=O)NCCCCOC(C)C. The normalized spacial score (nSPS) is 11.0. The Morgan fingerprint density at radius 2 is 2.20 bits per heavy atom. The largest absolute Gasteiger partial charge is 0.397 e. The molecule has 0 spiro atoms. The highest BCUT2D eigenvalue weighted by Crippen LogP contribution is 2.11. The van der Waals surface area contributed by atoms with Gasteiger partial charge in [0.05, 0.1) is 11.8 Å². The Morgan fingerprint density at radius 3 is 2.85 bits per heavy atom. The van der Waals surface area contributed by atoms with E-state index in [4.69, 9.17) is 10.5 Å². The van der Waals surface area contributed by atoms with E-state index in [0.717, 1.165) is 32.4 Å².